The molecule has 9 heteroatoms. The maximum Gasteiger partial charge on any atom is 0.410 e. The summed E-state index contributed by atoms with van der Waals surface area (Å²) < 4.78 is 11.7. The molecule has 2 saturated heterocycles. The van der Waals surface area contributed by atoms with Gasteiger partial charge in [0.15, 0.2) is 0 Å². The fraction of sp³-hybridized carbons (Fsp3) is 0.528. The number of rotatable bonds is 7. The van der Waals surface area contributed by atoms with Crippen LogP contribution in [0.4, 0.5) is 10.5 Å². The normalized spacial score (nSPS) is 22.7. The smallest absolute Gasteiger partial charge is 0.410 e. The van der Waals surface area contributed by atoms with Crippen molar-refractivity contribution in [1.82, 2.24) is 9.80 Å². The highest BCUT2D eigenvalue weighted by molar-refractivity contribution is 6.31. The lowest BCUT2D eigenvalue weighted by Crippen LogP contribution is -2.55. The van der Waals surface area contributed by atoms with Crippen LogP contribution in [0.15, 0.2) is 59.2 Å². The molecule has 0 aromatic heterocycles. The number of hydrogen-bond donors (Lipinski definition) is 0. The van der Waals surface area contributed by atoms with Crippen LogP contribution in [0, 0.1) is 23.2 Å². The van der Waals surface area contributed by atoms with Crippen LogP contribution in [-0.2, 0) is 4.74 Å². The largest absolute Gasteiger partial charge is 0.490 e. The van der Waals surface area contributed by atoms with Gasteiger partial charge in [0.25, 0.3) is 0 Å². The van der Waals surface area contributed by atoms with Gasteiger partial charge in [-0.05, 0) is 87.8 Å². The Morgan fingerprint density at radius 1 is 1.02 bits per heavy atom. The van der Waals surface area contributed by atoms with Gasteiger partial charge in [0, 0.05) is 76.1 Å². The fourth-order valence-corrected chi connectivity index (χ4v) is 7.05. The number of piperazine rings is 1. The summed E-state index contributed by atoms with van der Waals surface area (Å²) in [6.07, 6.45) is 7.20. The van der Waals surface area contributed by atoms with Gasteiger partial charge >= 0.3 is 6.09 Å². The van der Waals surface area contributed by atoms with E-state index in [1.807, 2.05) is 31.7 Å². The topological polar surface area (TPSA) is 81.4 Å². The minimum Gasteiger partial charge on any atom is -0.490 e. The zero-order valence-corrected chi connectivity index (χ0v) is 27.4. The molecule has 0 N–H and O–H groups in total. The van der Waals surface area contributed by atoms with E-state index < -0.39 is 5.60 Å². The Kier molecular flexibility index (Phi) is 9.39. The third kappa shape index (κ3) is 7.82. The van der Waals surface area contributed by atoms with Crippen molar-refractivity contribution in [1.29, 1.82) is 5.26 Å². The molecule has 6 rings (SSSR count). The summed E-state index contributed by atoms with van der Waals surface area (Å²) in [5.41, 5.74) is 5.10. The maximum atomic E-state index is 12.3. The van der Waals surface area contributed by atoms with E-state index in [1.165, 1.54) is 16.8 Å². The molecule has 3 fully saturated rings. The Morgan fingerprint density at radius 2 is 1.73 bits per heavy atom. The van der Waals surface area contributed by atoms with Crippen molar-refractivity contribution in [3.63, 3.8) is 0 Å². The Balaban J connectivity index is 0.898. The van der Waals surface area contributed by atoms with Gasteiger partial charge < -0.3 is 19.3 Å². The summed E-state index contributed by atoms with van der Waals surface area (Å²) in [5, 5.41) is 9.53. The number of carbonyl (C=O) groups excluding carboxylic acids is 1. The molecular weight excluding hydrogens is 586 g/mol. The molecule has 0 unspecified atom stereocenters. The molecule has 1 amide bonds. The molecule has 0 radical (unpaired) electrons. The average molecular weight is 630 g/mol. The third-order valence-corrected chi connectivity index (χ3v) is 9.70. The number of benzene rings is 2. The van der Waals surface area contributed by atoms with E-state index in [1.54, 1.807) is 12.1 Å². The molecule has 4 aliphatic rings. The molecule has 2 aromatic rings. The summed E-state index contributed by atoms with van der Waals surface area (Å²) in [7, 11) is 0. The maximum absolute atomic E-state index is 12.3. The van der Waals surface area contributed by atoms with E-state index in [-0.39, 0.29) is 12.2 Å². The SMILES string of the molecule is CC(C)(C)OC(=O)N1CCN(CC2CN(c3ccc(C4=NC=C(C5CCC(Oc6ccc(C#N)c(Cl)c6)CC5)C4)cc3)C2)CC1. The summed E-state index contributed by atoms with van der Waals surface area (Å²) in [6.45, 7) is 12.3. The van der Waals surface area contributed by atoms with E-state index in [4.69, 9.17) is 31.3 Å². The second-order valence-corrected chi connectivity index (χ2v) is 14.3. The van der Waals surface area contributed by atoms with Crippen molar-refractivity contribution >= 4 is 29.1 Å². The Morgan fingerprint density at radius 3 is 2.38 bits per heavy atom. The summed E-state index contributed by atoms with van der Waals surface area (Å²) in [4.78, 5) is 23.9. The van der Waals surface area contributed by atoms with Crippen LogP contribution in [0.25, 0.3) is 0 Å². The minimum atomic E-state index is -0.450. The molecule has 3 aliphatic heterocycles. The van der Waals surface area contributed by atoms with Gasteiger partial charge in [-0.15, -0.1) is 0 Å². The van der Waals surface area contributed by atoms with Crippen molar-refractivity contribution in [2.45, 2.75) is 64.6 Å². The van der Waals surface area contributed by atoms with E-state index >= 15 is 0 Å². The van der Waals surface area contributed by atoms with Gasteiger partial charge in [0.1, 0.15) is 17.4 Å². The first-order valence-electron chi connectivity index (χ1n) is 16.3. The first kappa shape index (κ1) is 31.4. The second kappa shape index (κ2) is 13.4. The van der Waals surface area contributed by atoms with Gasteiger partial charge in [-0.2, -0.15) is 5.26 Å². The quantitative estimate of drug-likeness (QED) is 0.331. The van der Waals surface area contributed by atoms with Gasteiger partial charge in [-0.25, -0.2) is 4.79 Å². The number of anilines is 1. The number of nitrogens with zero attached hydrogens (tertiary/aromatic N) is 5. The number of carbonyl (C=O) groups is 1. The van der Waals surface area contributed by atoms with Crippen molar-refractivity contribution in [3.8, 4) is 11.8 Å². The molecule has 45 heavy (non-hydrogen) atoms. The number of ether oxygens (including phenoxy) is 2. The molecule has 0 bridgehead atoms. The highest BCUT2D eigenvalue weighted by atomic mass is 35.5. The fourth-order valence-electron chi connectivity index (χ4n) is 6.84. The van der Waals surface area contributed by atoms with Crippen LogP contribution in [0.3, 0.4) is 0 Å². The summed E-state index contributed by atoms with van der Waals surface area (Å²) in [6, 6.07) is 16.3. The van der Waals surface area contributed by atoms with Crippen LogP contribution in [0.2, 0.25) is 5.02 Å². The van der Waals surface area contributed by atoms with E-state index in [0.29, 0.717) is 22.4 Å². The minimum absolute atomic E-state index is 0.177. The first-order valence-corrected chi connectivity index (χ1v) is 16.7. The number of nitriles is 1. The highest BCUT2D eigenvalue weighted by Crippen LogP contribution is 2.37. The predicted molar refractivity (Wildman–Crippen MR) is 178 cm³/mol. The van der Waals surface area contributed by atoms with Gasteiger partial charge in [-0.1, -0.05) is 23.7 Å². The summed E-state index contributed by atoms with van der Waals surface area (Å²) >= 11 is 6.18. The molecule has 3 heterocycles. The van der Waals surface area contributed by atoms with E-state index in [0.717, 1.165) is 89.4 Å². The van der Waals surface area contributed by atoms with Crippen LogP contribution in [-0.4, -0.2) is 79.1 Å². The zero-order chi connectivity index (χ0) is 31.6. The molecule has 2 aromatic carbocycles. The Bertz CT molecular complexity index is 1470. The Labute approximate surface area is 272 Å². The monoisotopic (exact) mass is 629 g/mol. The van der Waals surface area contributed by atoms with Crippen LogP contribution >= 0.6 is 11.6 Å². The summed E-state index contributed by atoms with van der Waals surface area (Å²) in [5.74, 6) is 1.94. The Hall–Kier alpha value is -3.54. The van der Waals surface area contributed by atoms with Crippen LogP contribution in [0.1, 0.15) is 64.0 Å². The van der Waals surface area contributed by atoms with E-state index in [9.17, 15) is 4.79 Å². The molecule has 1 saturated carbocycles. The van der Waals surface area contributed by atoms with Crippen molar-refractivity contribution < 1.29 is 14.3 Å². The molecule has 8 nitrogen and oxygen atoms in total. The van der Waals surface area contributed by atoms with Crippen molar-refractivity contribution in [2.75, 3.05) is 50.7 Å². The average Bonchev–Trinajstić information content (AvgIpc) is 3.49. The van der Waals surface area contributed by atoms with Gasteiger partial charge in [0.05, 0.1) is 22.4 Å². The molecule has 1 aliphatic carbocycles. The second-order valence-electron chi connectivity index (χ2n) is 13.9. The number of halogens is 1. The molecular formula is C36H44ClN5O3. The highest BCUT2D eigenvalue weighted by Gasteiger charge is 2.32. The number of hydrogen-bond acceptors (Lipinski definition) is 7. The van der Waals surface area contributed by atoms with Gasteiger partial charge in [0.2, 0.25) is 0 Å². The van der Waals surface area contributed by atoms with Crippen molar-refractivity contribution in [2.24, 2.45) is 16.8 Å². The zero-order valence-electron chi connectivity index (χ0n) is 26.7. The molecule has 0 spiro atoms. The van der Waals surface area contributed by atoms with Crippen LogP contribution in [0.5, 0.6) is 5.75 Å². The van der Waals surface area contributed by atoms with Crippen molar-refractivity contribution in [3.05, 3.63) is 70.4 Å². The molecule has 0 atom stereocenters. The van der Waals surface area contributed by atoms with E-state index in [2.05, 4.69) is 46.3 Å². The standard InChI is InChI=1S/C36H44ClN5O3/c1-36(2,3)45-35(43)41-16-14-40(15-17-41)22-25-23-42(24-25)30-9-4-27(5-10-30)34-18-29(21-39-34)26-6-11-31(12-7-26)44-32-13-8-28(20-38)33(37)19-32/h4-5,8-10,13,19,21,25-26,31H,6-7,11-12,14-18,22-24H2,1-3H3. The van der Waals surface area contributed by atoms with Gasteiger partial charge in [-0.3, -0.25) is 9.89 Å². The molecule has 238 valence electrons. The number of aliphatic imine (C=N–C) groups is 1. The lowest BCUT2D eigenvalue weighted by molar-refractivity contribution is 0.0129. The number of amides is 1. The van der Waals surface area contributed by atoms with Crippen LogP contribution < -0.4 is 9.64 Å². The lowest BCUT2D eigenvalue weighted by atomic mass is 9.81. The lowest BCUT2D eigenvalue weighted by Gasteiger charge is -2.44. The number of allylic oxidation sites excluding steroid dienone is 1. The first-order chi connectivity index (χ1) is 21.6. The third-order valence-electron chi connectivity index (χ3n) is 9.38. The predicted octanol–water partition coefficient (Wildman–Crippen LogP) is 6.92.